The van der Waals surface area contributed by atoms with Crippen LogP contribution in [0.15, 0.2) is 42.7 Å². The van der Waals surface area contributed by atoms with Gasteiger partial charge >= 0.3 is 17.1 Å². The van der Waals surface area contributed by atoms with Gasteiger partial charge in [0.2, 0.25) is 0 Å². The summed E-state index contributed by atoms with van der Waals surface area (Å²) in [6.07, 6.45) is 3.63. The van der Waals surface area contributed by atoms with Crippen molar-refractivity contribution in [2.24, 2.45) is 0 Å². The van der Waals surface area contributed by atoms with Crippen LogP contribution in [0.4, 0.5) is 0 Å². The van der Waals surface area contributed by atoms with Crippen molar-refractivity contribution in [3.05, 3.63) is 48.3 Å². The molecule has 2 heterocycles. The molecule has 8 heteroatoms. The van der Waals surface area contributed by atoms with Crippen LogP contribution in [-0.4, -0.2) is 9.97 Å². The number of aryl methyl sites for hydroxylation is 1. The van der Waals surface area contributed by atoms with E-state index in [1.54, 1.807) is 0 Å². The number of nitrogens with zero attached hydrogens (tertiary/aromatic N) is 2. The van der Waals surface area contributed by atoms with E-state index in [9.17, 15) is 0 Å². The number of halogens is 1. The normalized spacial score (nSPS) is 10.7. The number of pyridine rings is 2. The smallest absolute Gasteiger partial charge is 0.254 e. The molecule has 0 bridgehead atoms. The van der Waals surface area contributed by atoms with Crippen molar-refractivity contribution < 1.29 is 45.9 Å². The SMILES string of the molecule is Cc1cc2cccnc2c2ncccc12.[Fe+2].[O-][Cl+3]([O-])([O-])[O-]. The molecule has 0 atom stereocenters. The van der Waals surface area contributed by atoms with Crippen LogP contribution in [0.1, 0.15) is 5.56 Å². The molecule has 0 aliphatic carbocycles. The van der Waals surface area contributed by atoms with E-state index in [4.69, 9.17) is 18.6 Å². The Morgan fingerprint density at radius 2 is 1.43 bits per heavy atom. The minimum Gasteiger partial charge on any atom is -0.254 e. The van der Waals surface area contributed by atoms with Crippen LogP contribution in [0.5, 0.6) is 0 Å². The number of benzene rings is 1. The third-order valence-corrected chi connectivity index (χ3v) is 2.67. The molecule has 21 heavy (non-hydrogen) atoms. The van der Waals surface area contributed by atoms with Gasteiger partial charge in [-0.15, -0.1) is 10.2 Å². The molecule has 2 aromatic heterocycles. The van der Waals surface area contributed by atoms with Crippen LogP contribution < -0.4 is 18.6 Å². The quantitative estimate of drug-likeness (QED) is 0.354. The number of aromatic nitrogens is 2. The first-order valence-corrected chi connectivity index (χ1v) is 6.80. The topological polar surface area (TPSA) is 118 Å². The summed E-state index contributed by atoms with van der Waals surface area (Å²) in [5, 5.41) is 2.34. The molecule has 0 aliphatic heterocycles. The van der Waals surface area contributed by atoms with E-state index in [2.05, 4.69) is 35.1 Å². The van der Waals surface area contributed by atoms with Gasteiger partial charge in [-0.3, -0.25) is 9.97 Å². The Labute approximate surface area is 133 Å². The zero-order chi connectivity index (χ0) is 14.8. The van der Waals surface area contributed by atoms with E-state index in [-0.39, 0.29) is 17.1 Å². The van der Waals surface area contributed by atoms with Gasteiger partial charge in [-0.25, -0.2) is 18.6 Å². The summed E-state index contributed by atoms with van der Waals surface area (Å²) in [5.74, 6) is 0. The van der Waals surface area contributed by atoms with E-state index >= 15 is 0 Å². The Hall–Kier alpha value is -1.31. The van der Waals surface area contributed by atoms with Crippen molar-refractivity contribution in [2.45, 2.75) is 6.92 Å². The van der Waals surface area contributed by atoms with E-state index in [1.807, 2.05) is 24.5 Å². The van der Waals surface area contributed by atoms with Crippen molar-refractivity contribution in [3.8, 4) is 0 Å². The molecule has 6 nitrogen and oxygen atoms in total. The second-order valence-electron chi connectivity index (χ2n) is 4.05. The first kappa shape index (κ1) is 17.7. The fourth-order valence-electron chi connectivity index (χ4n) is 1.96. The minimum absolute atomic E-state index is 0. The Morgan fingerprint density at radius 3 is 2.05 bits per heavy atom. The average molecular weight is 350 g/mol. The predicted molar refractivity (Wildman–Crippen MR) is 61.8 cm³/mol. The first-order chi connectivity index (χ1) is 9.36. The van der Waals surface area contributed by atoms with Gasteiger partial charge in [0.05, 0.1) is 11.0 Å². The molecule has 0 N–H and O–H groups in total. The van der Waals surface area contributed by atoms with E-state index < -0.39 is 10.2 Å². The molecule has 110 valence electrons. The van der Waals surface area contributed by atoms with Gasteiger partial charge in [-0.2, -0.15) is 0 Å². The van der Waals surface area contributed by atoms with Crippen LogP contribution in [-0.2, 0) is 17.1 Å². The van der Waals surface area contributed by atoms with Crippen LogP contribution in [0.3, 0.4) is 0 Å². The molecule has 0 fully saturated rings. The van der Waals surface area contributed by atoms with Gasteiger partial charge in [-0.05, 0) is 30.7 Å². The van der Waals surface area contributed by atoms with Gasteiger partial charge < -0.3 is 0 Å². The van der Waals surface area contributed by atoms with Crippen LogP contribution in [0.25, 0.3) is 21.8 Å². The maximum atomic E-state index is 8.49. The summed E-state index contributed by atoms with van der Waals surface area (Å²) in [5.41, 5.74) is 3.23. The third kappa shape index (κ3) is 4.87. The summed E-state index contributed by atoms with van der Waals surface area (Å²) in [7, 11) is -4.94. The Kier molecular flexibility index (Phi) is 6.00. The van der Waals surface area contributed by atoms with Gasteiger partial charge in [0, 0.05) is 23.2 Å². The van der Waals surface area contributed by atoms with E-state index in [0.29, 0.717) is 0 Å². The largest absolute Gasteiger partial charge is 2.00 e. The second-order valence-corrected chi connectivity index (χ2v) is 4.80. The van der Waals surface area contributed by atoms with E-state index in [1.165, 1.54) is 10.9 Å². The molecular formula is C13H10ClFeN2O4+. The molecule has 0 saturated carbocycles. The third-order valence-electron chi connectivity index (χ3n) is 2.67. The maximum Gasteiger partial charge on any atom is 2.00 e. The molecule has 0 spiro atoms. The zero-order valence-electron chi connectivity index (χ0n) is 10.8. The van der Waals surface area contributed by atoms with Crippen LogP contribution >= 0.6 is 0 Å². The van der Waals surface area contributed by atoms with Crippen molar-refractivity contribution >= 4 is 21.8 Å². The molecule has 1 aromatic carbocycles. The van der Waals surface area contributed by atoms with E-state index in [0.717, 1.165) is 16.4 Å². The molecule has 0 radical (unpaired) electrons. The summed E-state index contributed by atoms with van der Waals surface area (Å²) >= 11 is 0. The summed E-state index contributed by atoms with van der Waals surface area (Å²) in [4.78, 5) is 8.80. The molecule has 0 aliphatic rings. The molecule has 0 saturated heterocycles. The number of fused-ring (bicyclic) bond motifs is 3. The van der Waals surface area contributed by atoms with Gasteiger partial charge in [0.1, 0.15) is 0 Å². The molecule has 0 unspecified atom stereocenters. The fraction of sp³-hybridized carbons (Fsp3) is 0.0769. The van der Waals surface area contributed by atoms with Gasteiger partial charge in [0.15, 0.2) is 0 Å². The number of hydrogen-bond donors (Lipinski definition) is 0. The molecular weight excluding hydrogens is 339 g/mol. The Morgan fingerprint density at radius 1 is 0.905 bits per heavy atom. The monoisotopic (exact) mass is 349 g/mol. The second kappa shape index (κ2) is 7.11. The van der Waals surface area contributed by atoms with Crippen molar-refractivity contribution in [1.82, 2.24) is 9.97 Å². The fourth-order valence-corrected chi connectivity index (χ4v) is 1.96. The molecule has 3 aromatic rings. The number of rotatable bonds is 0. The van der Waals surface area contributed by atoms with Crippen molar-refractivity contribution in [3.63, 3.8) is 0 Å². The molecule has 0 amide bonds. The van der Waals surface area contributed by atoms with Crippen LogP contribution in [0.2, 0.25) is 0 Å². The average Bonchev–Trinajstić information content (AvgIpc) is 2.37. The first-order valence-electron chi connectivity index (χ1n) is 5.57. The summed E-state index contributed by atoms with van der Waals surface area (Å²) in [6, 6.07) is 10.2. The number of hydrogen-bond acceptors (Lipinski definition) is 6. The standard InChI is InChI=1S/C13H10N2.ClHO4.Fe/c1-9-8-10-4-2-6-14-12(10)13-11(9)5-3-7-15-13;2-1(3,4)5;/h2-8H,1H3;(H,2,3,4,5);/q;;+2/p-1. The van der Waals surface area contributed by atoms with Crippen LogP contribution in [0, 0.1) is 17.2 Å². The molecule has 3 rings (SSSR count). The zero-order valence-corrected chi connectivity index (χ0v) is 12.7. The van der Waals surface area contributed by atoms with Crippen molar-refractivity contribution in [1.29, 1.82) is 0 Å². The minimum atomic E-state index is -4.94. The summed E-state index contributed by atoms with van der Waals surface area (Å²) < 4.78 is 34.0. The van der Waals surface area contributed by atoms with Gasteiger partial charge in [0.25, 0.3) is 0 Å². The Balaban J connectivity index is 0.000000324. The predicted octanol–water partition coefficient (Wildman–Crippen LogP) is -1.67. The van der Waals surface area contributed by atoms with Gasteiger partial charge in [-0.1, -0.05) is 12.1 Å². The summed E-state index contributed by atoms with van der Waals surface area (Å²) in [6.45, 7) is 2.11. The maximum absolute atomic E-state index is 8.49. The van der Waals surface area contributed by atoms with Crippen molar-refractivity contribution in [2.75, 3.05) is 0 Å². The Bertz CT molecular complexity index is 743.